The van der Waals surface area contributed by atoms with E-state index in [1.54, 1.807) is 19.1 Å². The van der Waals surface area contributed by atoms with Gasteiger partial charge in [0.15, 0.2) is 15.6 Å². The number of nitrogen functional groups attached to an aromatic ring is 1. The molecule has 4 nitrogen and oxygen atoms in total. The predicted molar refractivity (Wildman–Crippen MR) is 68.9 cm³/mol. The van der Waals surface area contributed by atoms with Crippen molar-refractivity contribution in [3.8, 4) is 0 Å². The van der Waals surface area contributed by atoms with Crippen LogP contribution in [-0.4, -0.2) is 24.7 Å². The average molecular weight is 276 g/mol. The second-order valence-corrected chi connectivity index (χ2v) is 6.92. The SMILES string of the molecule is CC[C@@](Cl)(C(=O)c1cccc(N)c1)S(C)(=O)=O. The molecule has 0 spiro atoms. The summed E-state index contributed by atoms with van der Waals surface area (Å²) < 4.78 is 21.3. The van der Waals surface area contributed by atoms with Crippen LogP contribution in [0.5, 0.6) is 0 Å². The van der Waals surface area contributed by atoms with Gasteiger partial charge in [0, 0.05) is 17.5 Å². The van der Waals surface area contributed by atoms with Crippen LogP contribution in [0.4, 0.5) is 5.69 Å². The number of alkyl halides is 1. The number of halogens is 1. The van der Waals surface area contributed by atoms with Crippen LogP contribution in [0.25, 0.3) is 0 Å². The molecule has 0 saturated carbocycles. The van der Waals surface area contributed by atoms with E-state index in [4.69, 9.17) is 17.3 Å². The van der Waals surface area contributed by atoms with E-state index in [1.807, 2.05) is 0 Å². The van der Waals surface area contributed by atoms with Crippen molar-refractivity contribution >= 4 is 32.9 Å². The fourth-order valence-electron chi connectivity index (χ4n) is 1.49. The summed E-state index contributed by atoms with van der Waals surface area (Å²) in [6.45, 7) is 1.55. The van der Waals surface area contributed by atoms with Crippen molar-refractivity contribution in [3.05, 3.63) is 29.8 Å². The maximum absolute atomic E-state index is 12.1. The third-order valence-corrected chi connectivity index (χ3v) is 5.46. The number of Topliss-reactive ketones (excluding diaryl/α,β-unsaturated/α-hetero) is 1. The maximum Gasteiger partial charge on any atom is 0.207 e. The number of hydrogen-bond donors (Lipinski definition) is 1. The Hall–Kier alpha value is -1.07. The Morgan fingerprint density at radius 2 is 2.06 bits per heavy atom. The van der Waals surface area contributed by atoms with Gasteiger partial charge >= 0.3 is 0 Å². The highest BCUT2D eigenvalue weighted by molar-refractivity contribution is 7.94. The molecule has 6 heteroatoms. The van der Waals surface area contributed by atoms with Crippen molar-refractivity contribution < 1.29 is 13.2 Å². The lowest BCUT2D eigenvalue weighted by Crippen LogP contribution is -2.40. The second kappa shape index (κ2) is 4.66. The standard InChI is InChI=1S/C11H14ClNO3S/c1-3-11(12,17(2,15)16)10(14)8-5-4-6-9(13)7-8/h4-7H,3,13H2,1-2H3/t11-/m0/s1. The van der Waals surface area contributed by atoms with E-state index in [2.05, 4.69) is 0 Å². The van der Waals surface area contributed by atoms with Gasteiger partial charge in [-0.25, -0.2) is 8.42 Å². The molecule has 0 radical (unpaired) electrons. The minimum Gasteiger partial charge on any atom is -0.399 e. The molecule has 2 N–H and O–H groups in total. The molecule has 1 atom stereocenters. The van der Waals surface area contributed by atoms with Crippen molar-refractivity contribution in [3.63, 3.8) is 0 Å². The van der Waals surface area contributed by atoms with Crippen LogP contribution < -0.4 is 5.73 Å². The van der Waals surface area contributed by atoms with Crippen LogP contribution in [0, 0.1) is 0 Å². The van der Waals surface area contributed by atoms with Gasteiger partial charge in [0.25, 0.3) is 0 Å². The number of rotatable bonds is 4. The number of carbonyl (C=O) groups excluding carboxylic acids is 1. The first-order chi connectivity index (χ1) is 7.72. The lowest BCUT2D eigenvalue weighted by Gasteiger charge is -2.22. The number of ketones is 1. The number of carbonyl (C=O) groups is 1. The van der Waals surface area contributed by atoms with Crippen molar-refractivity contribution in [2.24, 2.45) is 0 Å². The first-order valence-corrected chi connectivity index (χ1v) is 7.28. The van der Waals surface area contributed by atoms with E-state index >= 15 is 0 Å². The van der Waals surface area contributed by atoms with Gasteiger partial charge in [0.05, 0.1) is 0 Å². The molecule has 94 valence electrons. The Labute approximate surface area is 106 Å². The Morgan fingerprint density at radius 3 is 2.47 bits per heavy atom. The highest BCUT2D eigenvalue weighted by atomic mass is 35.5. The number of sulfone groups is 1. The number of nitrogens with two attached hydrogens (primary N) is 1. The fraction of sp³-hybridized carbons (Fsp3) is 0.364. The molecule has 0 aliphatic carbocycles. The number of benzene rings is 1. The molecule has 1 aromatic rings. The normalized spacial score (nSPS) is 15.2. The van der Waals surface area contributed by atoms with E-state index in [-0.39, 0.29) is 12.0 Å². The summed E-state index contributed by atoms with van der Waals surface area (Å²) in [5, 5.41) is 0. The molecular weight excluding hydrogens is 262 g/mol. The van der Waals surface area contributed by atoms with Gasteiger partial charge in [-0.05, 0) is 18.6 Å². The summed E-state index contributed by atoms with van der Waals surface area (Å²) in [5.41, 5.74) is 6.14. The third kappa shape index (κ3) is 2.61. The van der Waals surface area contributed by atoms with Crippen LogP contribution in [0.1, 0.15) is 23.7 Å². The Kier molecular flexibility index (Phi) is 3.84. The Morgan fingerprint density at radius 1 is 1.47 bits per heavy atom. The highest BCUT2D eigenvalue weighted by Crippen LogP contribution is 2.31. The summed E-state index contributed by atoms with van der Waals surface area (Å²) in [4.78, 5) is 12.1. The van der Waals surface area contributed by atoms with Crippen LogP contribution in [0.3, 0.4) is 0 Å². The lowest BCUT2D eigenvalue weighted by atomic mass is 10.1. The van der Waals surface area contributed by atoms with E-state index < -0.39 is 19.8 Å². The molecule has 0 fully saturated rings. The molecule has 0 bridgehead atoms. The molecule has 0 unspecified atom stereocenters. The average Bonchev–Trinajstić information content (AvgIpc) is 2.25. The van der Waals surface area contributed by atoms with Gasteiger partial charge in [-0.3, -0.25) is 4.79 Å². The van der Waals surface area contributed by atoms with E-state index in [0.717, 1.165) is 6.26 Å². The Bertz CT molecular complexity index is 541. The van der Waals surface area contributed by atoms with E-state index in [1.165, 1.54) is 12.1 Å². The van der Waals surface area contributed by atoms with Gasteiger partial charge in [-0.15, -0.1) is 0 Å². The zero-order valence-corrected chi connectivity index (χ0v) is 11.2. The Balaban J connectivity index is 3.29. The number of anilines is 1. The zero-order valence-electron chi connectivity index (χ0n) is 9.60. The molecule has 0 saturated heterocycles. The second-order valence-electron chi connectivity index (χ2n) is 3.81. The van der Waals surface area contributed by atoms with Crippen LogP contribution in [-0.2, 0) is 9.84 Å². The zero-order chi connectivity index (χ0) is 13.3. The fourth-order valence-corrected chi connectivity index (χ4v) is 2.57. The molecule has 1 rings (SSSR count). The van der Waals surface area contributed by atoms with Crippen molar-refractivity contribution in [2.45, 2.75) is 17.6 Å². The molecule has 0 aliphatic heterocycles. The van der Waals surface area contributed by atoms with E-state index in [9.17, 15) is 13.2 Å². The first-order valence-electron chi connectivity index (χ1n) is 5.01. The van der Waals surface area contributed by atoms with Crippen LogP contribution in [0.2, 0.25) is 0 Å². The highest BCUT2D eigenvalue weighted by Gasteiger charge is 2.44. The monoisotopic (exact) mass is 275 g/mol. The summed E-state index contributed by atoms with van der Waals surface area (Å²) in [6.07, 6.45) is 0.953. The molecule has 17 heavy (non-hydrogen) atoms. The first kappa shape index (κ1) is 14.0. The van der Waals surface area contributed by atoms with Gasteiger partial charge < -0.3 is 5.73 Å². The predicted octanol–water partition coefficient (Wildman–Crippen LogP) is 1.84. The summed E-state index contributed by atoms with van der Waals surface area (Å²) in [5.74, 6) is -0.642. The topological polar surface area (TPSA) is 77.2 Å². The largest absolute Gasteiger partial charge is 0.399 e. The van der Waals surface area contributed by atoms with Gasteiger partial charge in [-0.2, -0.15) is 0 Å². The van der Waals surface area contributed by atoms with Gasteiger partial charge in [0.2, 0.25) is 4.21 Å². The quantitative estimate of drug-likeness (QED) is 0.517. The van der Waals surface area contributed by atoms with E-state index in [0.29, 0.717) is 5.69 Å². The van der Waals surface area contributed by atoms with Crippen molar-refractivity contribution in [1.82, 2.24) is 0 Å². The van der Waals surface area contributed by atoms with Gasteiger partial charge in [0.1, 0.15) is 0 Å². The minimum atomic E-state index is -3.70. The third-order valence-electron chi connectivity index (χ3n) is 2.53. The van der Waals surface area contributed by atoms with Crippen molar-refractivity contribution in [2.75, 3.05) is 12.0 Å². The maximum atomic E-state index is 12.1. The summed E-state index contributed by atoms with van der Waals surface area (Å²) in [6, 6.07) is 6.11. The minimum absolute atomic E-state index is 0.00101. The van der Waals surface area contributed by atoms with Crippen LogP contribution in [0.15, 0.2) is 24.3 Å². The summed E-state index contributed by atoms with van der Waals surface area (Å²) in [7, 11) is -3.70. The molecule has 1 aromatic carbocycles. The summed E-state index contributed by atoms with van der Waals surface area (Å²) >= 11 is 5.96. The number of hydrogen-bond acceptors (Lipinski definition) is 4. The van der Waals surface area contributed by atoms with Crippen molar-refractivity contribution in [1.29, 1.82) is 0 Å². The molecule has 0 heterocycles. The van der Waals surface area contributed by atoms with Gasteiger partial charge in [-0.1, -0.05) is 30.7 Å². The smallest absolute Gasteiger partial charge is 0.207 e. The molecule has 0 aromatic heterocycles. The molecule has 0 amide bonds. The molecular formula is C11H14ClNO3S. The lowest BCUT2D eigenvalue weighted by molar-refractivity contribution is 0.0971. The van der Waals surface area contributed by atoms with Crippen LogP contribution >= 0.6 is 11.6 Å². The molecule has 0 aliphatic rings.